The predicted molar refractivity (Wildman–Crippen MR) is 81.5 cm³/mol. The van der Waals surface area contributed by atoms with E-state index in [0.717, 1.165) is 12.8 Å². The Balaban J connectivity index is 1.65. The molecule has 2 aromatic carbocycles. The van der Waals surface area contributed by atoms with Crippen molar-refractivity contribution < 1.29 is 0 Å². The summed E-state index contributed by atoms with van der Waals surface area (Å²) in [7, 11) is 0. The number of nitrogens with one attached hydrogen (secondary N) is 1. The molecule has 0 saturated heterocycles. The minimum Gasteiger partial charge on any atom is -0.361 e. The molecule has 0 unspecified atom stereocenters. The lowest BCUT2D eigenvalue weighted by molar-refractivity contribution is 0.824. The number of aryl methyl sites for hydroxylation is 3. The quantitative estimate of drug-likeness (QED) is 0.692. The van der Waals surface area contributed by atoms with Gasteiger partial charge >= 0.3 is 0 Å². The number of fused-ring (bicyclic) bond motifs is 1. The average molecular weight is 249 g/mol. The van der Waals surface area contributed by atoms with Gasteiger partial charge in [-0.1, -0.05) is 48.0 Å². The van der Waals surface area contributed by atoms with E-state index in [1.54, 1.807) is 0 Å². The second kappa shape index (κ2) is 5.31. The fourth-order valence-corrected chi connectivity index (χ4v) is 2.58. The van der Waals surface area contributed by atoms with Gasteiger partial charge in [0.05, 0.1) is 0 Å². The van der Waals surface area contributed by atoms with Gasteiger partial charge in [-0.25, -0.2) is 0 Å². The molecule has 1 aromatic heterocycles. The summed E-state index contributed by atoms with van der Waals surface area (Å²) in [6, 6.07) is 17.4. The Kier molecular flexibility index (Phi) is 3.37. The van der Waals surface area contributed by atoms with Gasteiger partial charge in [-0.15, -0.1) is 0 Å². The van der Waals surface area contributed by atoms with Crippen LogP contribution >= 0.6 is 0 Å². The van der Waals surface area contributed by atoms with Crippen molar-refractivity contribution in [2.45, 2.75) is 26.2 Å². The molecule has 0 amide bonds. The van der Waals surface area contributed by atoms with Crippen LogP contribution in [0.2, 0.25) is 0 Å². The van der Waals surface area contributed by atoms with Gasteiger partial charge in [-0.3, -0.25) is 0 Å². The Morgan fingerprint density at radius 3 is 2.53 bits per heavy atom. The number of para-hydroxylation sites is 1. The van der Waals surface area contributed by atoms with Gasteiger partial charge < -0.3 is 4.98 Å². The van der Waals surface area contributed by atoms with E-state index in [2.05, 4.69) is 66.6 Å². The number of benzene rings is 2. The second-order valence-corrected chi connectivity index (χ2v) is 5.20. The highest BCUT2D eigenvalue weighted by atomic mass is 14.7. The van der Waals surface area contributed by atoms with E-state index >= 15 is 0 Å². The molecule has 1 N–H and O–H groups in total. The summed E-state index contributed by atoms with van der Waals surface area (Å²) in [6.45, 7) is 2.13. The van der Waals surface area contributed by atoms with E-state index in [0.29, 0.717) is 0 Å². The lowest BCUT2D eigenvalue weighted by Crippen LogP contribution is -1.89. The maximum atomic E-state index is 3.34. The Hall–Kier alpha value is -2.02. The fourth-order valence-electron chi connectivity index (χ4n) is 2.58. The van der Waals surface area contributed by atoms with Crippen LogP contribution in [-0.4, -0.2) is 4.98 Å². The molecule has 1 nitrogen and oxygen atoms in total. The standard InChI is InChI=1S/C18H19N/c1-14-9-11-15(12-10-14)5-4-6-16-13-19-18-8-3-2-7-17(16)18/h2-3,7-13,19H,4-6H2,1H3. The highest BCUT2D eigenvalue weighted by Gasteiger charge is 2.02. The Morgan fingerprint density at radius 2 is 1.68 bits per heavy atom. The van der Waals surface area contributed by atoms with E-state index in [9.17, 15) is 0 Å². The van der Waals surface area contributed by atoms with E-state index in [1.807, 2.05) is 0 Å². The first kappa shape index (κ1) is 12.0. The molecule has 19 heavy (non-hydrogen) atoms. The number of rotatable bonds is 4. The minimum absolute atomic E-state index is 1.14. The maximum absolute atomic E-state index is 3.34. The monoisotopic (exact) mass is 249 g/mol. The van der Waals surface area contributed by atoms with Gasteiger partial charge in [0.1, 0.15) is 0 Å². The molecule has 96 valence electrons. The Morgan fingerprint density at radius 1 is 0.895 bits per heavy atom. The van der Waals surface area contributed by atoms with Crippen molar-refractivity contribution in [2.24, 2.45) is 0 Å². The number of hydrogen-bond acceptors (Lipinski definition) is 0. The van der Waals surface area contributed by atoms with Gasteiger partial charge in [0.15, 0.2) is 0 Å². The average Bonchev–Trinajstić information content (AvgIpc) is 2.85. The maximum Gasteiger partial charge on any atom is 0.0456 e. The zero-order valence-electron chi connectivity index (χ0n) is 11.3. The minimum atomic E-state index is 1.14. The summed E-state index contributed by atoms with van der Waals surface area (Å²) in [5, 5.41) is 1.37. The normalized spacial score (nSPS) is 11.0. The van der Waals surface area contributed by atoms with Gasteiger partial charge in [0.25, 0.3) is 0 Å². The number of hydrogen-bond donors (Lipinski definition) is 1. The first-order chi connectivity index (χ1) is 9.33. The van der Waals surface area contributed by atoms with Crippen LogP contribution in [0.3, 0.4) is 0 Å². The SMILES string of the molecule is Cc1ccc(CCCc2c[nH]c3ccccc23)cc1. The van der Waals surface area contributed by atoms with Crippen LogP contribution in [0.4, 0.5) is 0 Å². The summed E-state index contributed by atoms with van der Waals surface area (Å²) in [6.07, 6.45) is 5.64. The first-order valence-corrected chi connectivity index (χ1v) is 6.93. The van der Waals surface area contributed by atoms with Crippen LogP contribution in [0.1, 0.15) is 23.1 Å². The molecular weight excluding hydrogens is 230 g/mol. The van der Waals surface area contributed by atoms with Gasteiger partial charge in [0, 0.05) is 17.1 Å². The summed E-state index contributed by atoms with van der Waals surface area (Å²) < 4.78 is 0. The molecular formula is C18H19N. The molecule has 0 aliphatic rings. The molecule has 1 heterocycles. The van der Waals surface area contributed by atoms with Crippen molar-refractivity contribution >= 4 is 10.9 Å². The Bertz CT molecular complexity index is 661. The molecule has 3 aromatic rings. The molecule has 0 fully saturated rings. The summed E-state index contributed by atoms with van der Waals surface area (Å²) in [5.74, 6) is 0. The molecule has 0 radical (unpaired) electrons. The van der Waals surface area contributed by atoms with Crippen molar-refractivity contribution in [1.29, 1.82) is 0 Å². The summed E-state index contributed by atoms with van der Waals surface area (Å²) in [5.41, 5.74) is 5.45. The highest BCUT2D eigenvalue weighted by Crippen LogP contribution is 2.19. The van der Waals surface area contributed by atoms with Crippen molar-refractivity contribution in [2.75, 3.05) is 0 Å². The van der Waals surface area contributed by atoms with E-state index in [-0.39, 0.29) is 0 Å². The molecule has 0 saturated carbocycles. The van der Waals surface area contributed by atoms with Crippen LogP contribution < -0.4 is 0 Å². The summed E-state index contributed by atoms with van der Waals surface area (Å²) >= 11 is 0. The zero-order valence-corrected chi connectivity index (χ0v) is 11.3. The second-order valence-electron chi connectivity index (χ2n) is 5.20. The molecule has 1 heteroatoms. The first-order valence-electron chi connectivity index (χ1n) is 6.93. The van der Waals surface area contributed by atoms with Crippen LogP contribution in [0.15, 0.2) is 54.7 Å². The smallest absolute Gasteiger partial charge is 0.0456 e. The van der Waals surface area contributed by atoms with Crippen molar-refractivity contribution in [3.8, 4) is 0 Å². The fraction of sp³-hybridized carbons (Fsp3) is 0.222. The number of H-pyrrole nitrogens is 1. The number of aromatic nitrogens is 1. The molecule has 0 spiro atoms. The van der Waals surface area contributed by atoms with E-state index in [1.165, 1.54) is 34.0 Å². The largest absolute Gasteiger partial charge is 0.361 e. The molecule has 0 atom stereocenters. The van der Waals surface area contributed by atoms with E-state index < -0.39 is 0 Å². The molecule has 0 bridgehead atoms. The third-order valence-corrected chi connectivity index (χ3v) is 3.71. The third-order valence-electron chi connectivity index (χ3n) is 3.71. The van der Waals surface area contributed by atoms with Crippen molar-refractivity contribution in [1.82, 2.24) is 4.98 Å². The predicted octanol–water partition coefficient (Wildman–Crippen LogP) is 4.65. The van der Waals surface area contributed by atoms with Gasteiger partial charge in [-0.05, 0) is 43.4 Å². The highest BCUT2D eigenvalue weighted by molar-refractivity contribution is 5.82. The Labute approximate surface area is 114 Å². The van der Waals surface area contributed by atoms with Crippen LogP contribution in [0.5, 0.6) is 0 Å². The van der Waals surface area contributed by atoms with E-state index in [4.69, 9.17) is 0 Å². The van der Waals surface area contributed by atoms with Crippen molar-refractivity contribution in [3.63, 3.8) is 0 Å². The topological polar surface area (TPSA) is 15.8 Å². The lowest BCUT2D eigenvalue weighted by Gasteiger charge is -2.02. The molecule has 3 rings (SSSR count). The van der Waals surface area contributed by atoms with Gasteiger partial charge in [-0.2, -0.15) is 0 Å². The number of aromatic amines is 1. The lowest BCUT2D eigenvalue weighted by atomic mass is 10.0. The van der Waals surface area contributed by atoms with Crippen LogP contribution in [0.25, 0.3) is 10.9 Å². The zero-order chi connectivity index (χ0) is 13.1. The summed E-state index contributed by atoms with van der Waals surface area (Å²) in [4.78, 5) is 3.34. The van der Waals surface area contributed by atoms with Crippen LogP contribution in [0, 0.1) is 6.92 Å². The third kappa shape index (κ3) is 2.70. The van der Waals surface area contributed by atoms with Gasteiger partial charge in [0.2, 0.25) is 0 Å². The molecule has 0 aliphatic carbocycles. The van der Waals surface area contributed by atoms with Crippen LogP contribution in [-0.2, 0) is 12.8 Å². The molecule has 0 aliphatic heterocycles. The van der Waals surface area contributed by atoms with Crippen molar-refractivity contribution in [3.05, 3.63) is 71.4 Å².